The molecule has 148 valence electrons. The minimum Gasteiger partial charge on any atom is -0.376 e. The maximum absolute atomic E-state index is 14.0. The largest absolute Gasteiger partial charge is 0.421 e. The molecule has 6 heteroatoms. The maximum Gasteiger partial charge on any atom is 0.421 e. The predicted molar refractivity (Wildman–Crippen MR) is 106 cm³/mol. The molecule has 29 heavy (non-hydrogen) atoms. The Hall–Kier alpha value is -3.12. The summed E-state index contributed by atoms with van der Waals surface area (Å²) in [6.45, 7) is 0. The van der Waals surface area contributed by atoms with E-state index in [4.69, 9.17) is 0 Å². The van der Waals surface area contributed by atoms with Crippen LogP contribution in [0.25, 0.3) is 21.8 Å². The average Bonchev–Trinajstić information content (AvgIpc) is 3.00. The monoisotopic (exact) mass is 397 g/mol. The van der Waals surface area contributed by atoms with Crippen molar-refractivity contribution in [3.63, 3.8) is 0 Å². The number of hydrogen-bond acceptors (Lipinski definition) is 2. The van der Waals surface area contributed by atoms with E-state index in [2.05, 4.69) is 0 Å². The van der Waals surface area contributed by atoms with Crippen molar-refractivity contribution in [3.05, 3.63) is 83.9 Å². The molecule has 0 saturated carbocycles. The number of Topliss-reactive ketones (excluding diaryl/α,β-unsaturated/α-hetero) is 1. The van der Waals surface area contributed by atoms with Gasteiger partial charge in [-0.15, -0.1) is 0 Å². The number of halogens is 3. The molecule has 0 saturated heterocycles. The number of rotatable bonds is 4. The SMILES string of the molecule is Cn1c2ccccc2c2cc([C@](O)(CC(=O)c3ccccc3)C(F)(F)F)ccc21. The molecule has 0 bridgehead atoms. The van der Waals surface area contributed by atoms with Gasteiger partial charge in [-0.2, -0.15) is 13.2 Å². The zero-order chi connectivity index (χ0) is 20.8. The molecule has 3 nitrogen and oxygen atoms in total. The summed E-state index contributed by atoms with van der Waals surface area (Å²) in [5, 5.41) is 12.1. The molecular formula is C23H18F3NO2. The topological polar surface area (TPSA) is 42.2 Å². The van der Waals surface area contributed by atoms with Crippen molar-refractivity contribution in [1.29, 1.82) is 0 Å². The molecule has 0 radical (unpaired) electrons. The smallest absolute Gasteiger partial charge is 0.376 e. The lowest BCUT2D eigenvalue weighted by molar-refractivity contribution is -0.264. The summed E-state index contributed by atoms with van der Waals surface area (Å²) in [6.07, 6.45) is -6.10. The van der Waals surface area contributed by atoms with Crippen molar-refractivity contribution in [2.75, 3.05) is 0 Å². The molecule has 0 aliphatic carbocycles. The van der Waals surface area contributed by atoms with Crippen LogP contribution in [0.1, 0.15) is 22.3 Å². The quantitative estimate of drug-likeness (QED) is 0.472. The van der Waals surface area contributed by atoms with Gasteiger partial charge in [-0.1, -0.05) is 54.6 Å². The van der Waals surface area contributed by atoms with Crippen LogP contribution in [-0.2, 0) is 12.6 Å². The highest BCUT2D eigenvalue weighted by Gasteiger charge is 2.56. The van der Waals surface area contributed by atoms with Crippen LogP contribution in [-0.4, -0.2) is 21.6 Å². The van der Waals surface area contributed by atoms with Crippen LogP contribution < -0.4 is 0 Å². The number of alkyl halides is 3. The molecule has 0 unspecified atom stereocenters. The molecule has 0 amide bonds. The predicted octanol–water partition coefficient (Wildman–Crippen LogP) is 5.35. The number of aryl methyl sites for hydroxylation is 1. The van der Waals surface area contributed by atoms with Crippen LogP contribution in [0.15, 0.2) is 72.8 Å². The fraction of sp³-hybridized carbons (Fsp3) is 0.174. The van der Waals surface area contributed by atoms with E-state index in [1.165, 1.54) is 24.3 Å². The summed E-state index contributed by atoms with van der Waals surface area (Å²) in [5.41, 5.74) is -1.89. The van der Waals surface area contributed by atoms with E-state index in [0.29, 0.717) is 5.39 Å². The molecule has 0 aliphatic rings. The van der Waals surface area contributed by atoms with Gasteiger partial charge in [-0.3, -0.25) is 4.79 Å². The molecule has 0 spiro atoms. The summed E-state index contributed by atoms with van der Waals surface area (Å²) in [6, 6.07) is 19.2. The molecule has 1 aromatic heterocycles. The Morgan fingerprint density at radius 1 is 0.897 bits per heavy atom. The van der Waals surface area contributed by atoms with Crippen molar-refractivity contribution in [2.24, 2.45) is 7.05 Å². The van der Waals surface area contributed by atoms with Crippen LogP contribution in [0, 0.1) is 0 Å². The second kappa shape index (κ2) is 6.74. The Bertz CT molecular complexity index is 1210. The lowest BCUT2D eigenvalue weighted by atomic mass is 9.85. The fourth-order valence-electron chi connectivity index (χ4n) is 3.75. The number of para-hydroxylation sites is 1. The van der Waals surface area contributed by atoms with E-state index in [0.717, 1.165) is 16.4 Å². The average molecular weight is 397 g/mol. The number of benzene rings is 3. The van der Waals surface area contributed by atoms with Gasteiger partial charge in [0, 0.05) is 34.4 Å². The number of aromatic nitrogens is 1. The lowest BCUT2D eigenvalue weighted by Gasteiger charge is -2.30. The van der Waals surface area contributed by atoms with Crippen LogP contribution in [0.3, 0.4) is 0 Å². The second-order valence-corrected chi connectivity index (χ2v) is 7.13. The first-order valence-corrected chi connectivity index (χ1v) is 9.07. The molecule has 4 aromatic rings. The van der Waals surface area contributed by atoms with Gasteiger partial charge in [0.05, 0.1) is 6.42 Å². The van der Waals surface area contributed by atoms with Crippen LogP contribution in [0.2, 0.25) is 0 Å². The van der Waals surface area contributed by atoms with Gasteiger partial charge in [-0.25, -0.2) is 0 Å². The van der Waals surface area contributed by atoms with Crippen molar-refractivity contribution < 1.29 is 23.1 Å². The molecule has 0 aliphatic heterocycles. The van der Waals surface area contributed by atoms with Gasteiger partial charge >= 0.3 is 6.18 Å². The van der Waals surface area contributed by atoms with Gasteiger partial charge in [0.2, 0.25) is 0 Å². The Balaban J connectivity index is 1.86. The maximum atomic E-state index is 14.0. The number of aliphatic hydroxyl groups is 1. The van der Waals surface area contributed by atoms with Gasteiger partial charge in [-0.05, 0) is 23.8 Å². The zero-order valence-corrected chi connectivity index (χ0v) is 15.6. The first-order valence-electron chi connectivity index (χ1n) is 9.07. The summed E-state index contributed by atoms with van der Waals surface area (Å²) in [7, 11) is 1.83. The number of hydrogen-bond donors (Lipinski definition) is 1. The van der Waals surface area contributed by atoms with Crippen molar-refractivity contribution in [3.8, 4) is 0 Å². The van der Waals surface area contributed by atoms with E-state index in [1.54, 1.807) is 24.3 Å². The van der Waals surface area contributed by atoms with Crippen LogP contribution >= 0.6 is 0 Å². The Morgan fingerprint density at radius 2 is 1.52 bits per heavy atom. The minimum atomic E-state index is -5.02. The van der Waals surface area contributed by atoms with Gasteiger partial charge in [0.15, 0.2) is 11.4 Å². The molecule has 4 rings (SSSR count). The number of nitrogens with zero attached hydrogens (tertiary/aromatic N) is 1. The summed E-state index contributed by atoms with van der Waals surface area (Å²) in [4.78, 5) is 12.5. The molecule has 1 N–H and O–H groups in total. The minimum absolute atomic E-state index is 0.126. The highest BCUT2D eigenvalue weighted by molar-refractivity contribution is 6.08. The standard InChI is InChI=1S/C23H18F3NO2/c1-27-19-10-6-5-9-17(19)18-13-16(11-12-20(18)27)22(29,23(24,25)26)14-21(28)15-7-3-2-4-8-15/h2-13,29H,14H2,1H3/t22-/m1/s1. The van der Waals surface area contributed by atoms with E-state index < -0.39 is 24.0 Å². The van der Waals surface area contributed by atoms with Gasteiger partial charge in [0.1, 0.15) is 0 Å². The van der Waals surface area contributed by atoms with E-state index in [-0.39, 0.29) is 11.1 Å². The summed E-state index contributed by atoms with van der Waals surface area (Å²) in [5.74, 6) is -0.775. The van der Waals surface area contributed by atoms with Gasteiger partial charge < -0.3 is 9.67 Å². The molecular weight excluding hydrogens is 379 g/mol. The highest BCUT2D eigenvalue weighted by atomic mass is 19.4. The normalized spacial score (nSPS) is 14.2. The second-order valence-electron chi connectivity index (χ2n) is 7.13. The number of fused-ring (bicyclic) bond motifs is 3. The summed E-state index contributed by atoms with van der Waals surface area (Å²) < 4.78 is 43.8. The Labute approximate surface area is 165 Å². The first kappa shape index (κ1) is 19.2. The lowest BCUT2D eigenvalue weighted by Crippen LogP contribution is -2.44. The summed E-state index contributed by atoms with van der Waals surface area (Å²) >= 11 is 0. The van der Waals surface area contributed by atoms with E-state index in [1.807, 2.05) is 35.9 Å². The number of ketones is 1. The molecule has 0 fully saturated rings. The molecule has 1 atom stereocenters. The van der Waals surface area contributed by atoms with Crippen LogP contribution in [0.5, 0.6) is 0 Å². The Morgan fingerprint density at radius 3 is 2.21 bits per heavy atom. The third kappa shape index (κ3) is 3.09. The third-order valence-electron chi connectivity index (χ3n) is 5.37. The van der Waals surface area contributed by atoms with E-state index >= 15 is 0 Å². The van der Waals surface area contributed by atoms with Crippen molar-refractivity contribution >= 4 is 27.6 Å². The highest BCUT2D eigenvalue weighted by Crippen LogP contribution is 2.44. The van der Waals surface area contributed by atoms with Gasteiger partial charge in [0.25, 0.3) is 0 Å². The Kier molecular flexibility index (Phi) is 4.46. The number of carbonyl (C=O) groups excluding carboxylic acids is 1. The van der Waals surface area contributed by atoms with Crippen molar-refractivity contribution in [2.45, 2.75) is 18.2 Å². The number of carbonyl (C=O) groups is 1. The molecule has 3 aromatic carbocycles. The molecule has 1 heterocycles. The fourth-order valence-corrected chi connectivity index (χ4v) is 3.75. The zero-order valence-electron chi connectivity index (χ0n) is 15.6. The first-order chi connectivity index (χ1) is 13.7. The van der Waals surface area contributed by atoms with Crippen LogP contribution in [0.4, 0.5) is 13.2 Å². The van der Waals surface area contributed by atoms with Crippen molar-refractivity contribution in [1.82, 2.24) is 4.57 Å². The third-order valence-corrected chi connectivity index (χ3v) is 5.37. The van der Waals surface area contributed by atoms with E-state index in [9.17, 15) is 23.1 Å².